The lowest BCUT2D eigenvalue weighted by Crippen LogP contribution is -2.27. The number of nitrogens with one attached hydrogen (secondary N) is 1. The van der Waals surface area contributed by atoms with Gasteiger partial charge in [-0.1, -0.05) is 37.3 Å². The standard InChI is InChI=1S/C17H17N3O2S2.CH2O3/c1-12-16(13-6-3-2-4-7-13)17(12)19-24(21,22)15-9-8-14(23-15)20-11-5-10-18-20;2-1(3)4/h2-12,16-17,19H,1H3;(H2,2,3,4)/t12-,16-,17+;/m1./s1. The molecule has 3 atom stereocenters. The summed E-state index contributed by atoms with van der Waals surface area (Å²) < 4.78 is 30.2. The van der Waals surface area contributed by atoms with Gasteiger partial charge in [0.2, 0.25) is 10.0 Å². The highest BCUT2D eigenvalue weighted by molar-refractivity contribution is 7.91. The molecule has 3 aromatic rings. The van der Waals surface area contributed by atoms with Crippen molar-refractivity contribution in [1.29, 1.82) is 0 Å². The van der Waals surface area contributed by atoms with Crippen LogP contribution in [0.4, 0.5) is 4.79 Å². The minimum absolute atomic E-state index is 0.0485. The maximum Gasteiger partial charge on any atom is 0.503 e. The highest BCUT2D eigenvalue weighted by Gasteiger charge is 2.49. The molecule has 1 aliphatic carbocycles. The average molecular weight is 422 g/mol. The van der Waals surface area contributed by atoms with E-state index in [1.165, 1.54) is 16.9 Å². The summed E-state index contributed by atoms with van der Waals surface area (Å²) in [6.45, 7) is 2.08. The Hall–Kier alpha value is -2.69. The zero-order valence-corrected chi connectivity index (χ0v) is 16.5. The van der Waals surface area contributed by atoms with Crippen molar-refractivity contribution in [1.82, 2.24) is 14.5 Å². The number of carbonyl (C=O) groups is 1. The lowest BCUT2D eigenvalue weighted by atomic mass is 10.1. The van der Waals surface area contributed by atoms with Crippen LogP contribution in [0.1, 0.15) is 18.4 Å². The molecule has 1 aromatic carbocycles. The first-order valence-electron chi connectivity index (χ1n) is 8.38. The quantitative estimate of drug-likeness (QED) is 0.581. The molecule has 0 aliphatic heterocycles. The van der Waals surface area contributed by atoms with Crippen LogP contribution in [-0.4, -0.2) is 40.6 Å². The number of aromatic nitrogens is 2. The van der Waals surface area contributed by atoms with E-state index in [2.05, 4.69) is 28.9 Å². The zero-order valence-electron chi connectivity index (χ0n) is 14.8. The first kappa shape index (κ1) is 20.1. The smallest absolute Gasteiger partial charge is 0.450 e. The minimum Gasteiger partial charge on any atom is -0.450 e. The molecule has 2 heterocycles. The number of hydrogen-bond acceptors (Lipinski definition) is 5. The van der Waals surface area contributed by atoms with Crippen LogP contribution in [0.25, 0.3) is 5.00 Å². The van der Waals surface area contributed by atoms with E-state index < -0.39 is 16.2 Å². The van der Waals surface area contributed by atoms with Crippen LogP contribution in [0, 0.1) is 5.92 Å². The number of benzene rings is 1. The second-order valence-electron chi connectivity index (χ2n) is 6.27. The van der Waals surface area contributed by atoms with E-state index in [-0.39, 0.29) is 12.0 Å². The van der Waals surface area contributed by atoms with Crippen LogP contribution < -0.4 is 4.72 Å². The van der Waals surface area contributed by atoms with Gasteiger partial charge in [-0.15, -0.1) is 11.3 Å². The normalized spacial score (nSPS) is 20.8. The second kappa shape index (κ2) is 8.13. The van der Waals surface area contributed by atoms with E-state index in [4.69, 9.17) is 15.0 Å². The van der Waals surface area contributed by atoms with Gasteiger partial charge < -0.3 is 10.2 Å². The minimum atomic E-state index is -3.51. The number of nitrogens with zero attached hydrogens (tertiary/aromatic N) is 2. The Labute approximate surface area is 166 Å². The fourth-order valence-electron chi connectivity index (χ4n) is 3.04. The fourth-order valence-corrected chi connectivity index (χ4v) is 5.65. The molecule has 0 radical (unpaired) electrons. The molecule has 148 valence electrons. The number of sulfonamides is 1. The summed E-state index contributed by atoms with van der Waals surface area (Å²) in [5.74, 6) is 0.541. The van der Waals surface area contributed by atoms with Crippen LogP contribution in [0.2, 0.25) is 0 Å². The van der Waals surface area contributed by atoms with Gasteiger partial charge in [0, 0.05) is 24.4 Å². The summed E-state index contributed by atoms with van der Waals surface area (Å²) in [6, 6.07) is 15.2. The SMILES string of the molecule is C[C@H]1[C@H](NS(=O)(=O)c2ccc(-n3cccn3)s2)[C@H]1c1ccccc1.O=C(O)O. The van der Waals surface area contributed by atoms with E-state index in [0.717, 1.165) is 5.00 Å². The Balaban J connectivity index is 0.000000516. The third-order valence-corrected chi connectivity index (χ3v) is 7.44. The highest BCUT2D eigenvalue weighted by atomic mass is 32.2. The molecule has 2 aromatic heterocycles. The van der Waals surface area contributed by atoms with Crippen molar-refractivity contribution in [2.24, 2.45) is 5.92 Å². The Bertz CT molecular complexity index is 1030. The van der Waals surface area contributed by atoms with Crippen molar-refractivity contribution < 1.29 is 23.4 Å². The van der Waals surface area contributed by atoms with Crippen molar-refractivity contribution in [3.8, 4) is 5.00 Å². The third-order valence-electron chi connectivity index (χ3n) is 4.42. The van der Waals surface area contributed by atoms with Crippen molar-refractivity contribution in [2.75, 3.05) is 0 Å². The molecular weight excluding hydrogens is 402 g/mol. The first-order chi connectivity index (χ1) is 13.3. The van der Waals surface area contributed by atoms with E-state index in [9.17, 15) is 8.42 Å². The molecule has 8 nitrogen and oxygen atoms in total. The maximum atomic E-state index is 12.7. The number of hydrogen-bond donors (Lipinski definition) is 3. The molecule has 0 unspecified atom stereocenters. The molecule has 0 spiro atoms. The van der Waals surface area contributed by atoms with Crippen LogP contribution >= 0.6 is 11.3 Å². The molecule has 4 rings (SSSR count). The van der Waals surface area contributed by atoms with Crippen LogP contribution in [0.5, 0.6) is 0 Å². The summed E-state index contributed by atoms with van der Waals surface area (Å²) in [5.41, 5.74) is 1.18. The second-order valence-corrected chi connectivity index (χ2v) is 9.27. The lowest BCUT2D eigenvalue weighted by molar-refractivity contribution is 0.137. The zero-order chi connectivity index (χ0) is 20.3. The van der Waals surface area contributed by atoms with Crippen LogP contribution in [-0.2, 0) is 10.0 Å². The number of thiophene rings is 1. The molecule has 0 amide bonds. The molecule has 0 bridgehead atoms. The van der Waals surface area contributed by atoms with Gasteiger partial charge in [-0.2, -0.15) is 5.10 Å². The van der Waals surface area contributed by atoms with Gasteiger partial charge in [-0.25, -0.2) is 22.6 Å². The number of carboxylic acid groups (broad SMARTS) is 2. The molecule has 1 aliphatic rings. The Morgan fingerprint density at radius 1 is 1.14 bits per heavy atom. The van der Waals surface area contributed by atoms with Crippen molar-refractivity contribution in [2.45, 2.75) is 23.1 Å². The van der Waals surface area contributed by atoms with Gasteiger partial charge >= 0.3 is 6.16 Å². The van der Waals surface area contributed by atoms with Crippen molar-refractivity contribution >= 4 is 27.5 Å². The van der Waals surface area contributed by atoms with Crippen LogP contribution in [0.3, 0.4) is 0 Å². The van der Waals surface area contributed by atoms with Gasteiger partial charge in [0.1, 0.15) is 9.21 Å². The lowest BCUT2D eigenvalue weighted by Gasteiger charge is -2.04. The molecule has 3 N–H and O–H groups in total. The average Bonchev–Trinajstić information content (AvgIpc) is 3.12. The predicted octanol–water partition coefficient (Wildman–Crippen LogP) is 3.24. The fraction of sp³-hybridized carbons (Fsp3) is 0.222. The summed E-state index contributed by atoms with van der Waals surface area (Å²) in [6.07, 6.45) is 1.63. The summed E-state index contributed by atoms with van der Waals surface area (Å²) in [5, 5.41) is 18.9. The van der Waals surface area contributed by atoms with Crippen LogP contribution in [0.15, 0.2) is 65.1 Å². The Morgan fingerprint density at radius 2 is 1.82 bits per heavy atom. The topological polar surface area (TPSA) is 122 Å². The highest BCUT2D eigenvalue weighted by Crippen LogP contribution is 2.48. The van der Waals surface area contributed by atoms with E-state index in [1.54, 1.807) is 29.2 Å². The molecular formula is C18H19N3O5S2. The Kier molecular flexibility index (Phi) is 5.82. The molecule has 28 heavy (non-hydrogen) atoms. The summed E-state index contributed by atoms with van der Waals surface area (Å²) >= 11 is 1.22. The summed E-state index contributed by atoms with van der Waals surface area (Å²) in [7, 11) is -3.51. The van der Waals surface area contributed by atoms with E-state index in [1.807, 2.05) is 24.3 Å². The van der Waals surface area contributed by atoms with Gasteiger partial charge in [0.15, 0.2) is 0 Å². The molecule has 0 saturated heterocycles. The van der Waals surface area contributed by atoms with E-state index in [0.29, 0.717) is 10.1 Å². The van der Waals surface area contributed by atoms with Gasteiger partial charge in [-0.05, 0) is 29.7 Å². The molecule has 1 saturated carbocycles. The van der Waals surface area contributed by atoms with Crippen molar-refractivity contribution in [3.05, 3.63) is 66.5 Å². The monoisotopic (exact) mass is 421 g/mol. The molecule has 10 heteroatoms. The maximum absolute atomic E-state index is 12.7. The predicted molar refractivity (Wildman–Crippen MR) is 105 cm³/mol. The van der Waals surface area contributed by atoms with Gasteiger partial charge in [0.05, 0.1) is 0 Å². The van der Waals surface area contributed by atoms with Gasteiger partial charge in [0.25, 0.3) is 0 Å². The molecule has 1 fully saturated rings. The summed E-state index contributed by atoms with van der Waals surface area (Å²) in [4.78, 5) is 8.56. The third kappa shape index (κ3) is 4.58. The Morgan fingerprint density at radius 3 is 2.43 bits per heavy atom. The first-order valence-corrected chi connectivity index (χ1v) is 10.7. The van der Waals surface area contributed by atoms with Gasteiger partial charge in [-0.3, -0.25) is 0 Å². The van der Waals surface area contributed by atoms with Crippen molar-refractivity contribution in [3.63, 3.8) is 0 Å². The largest absolute Gasteiger partial charge is 0.503 e. The van der Waals surface area contributed by atoms with E-state index >= 15 is 0 Å². The number of rotatable bonds is 5.